The van der Waals surface area contributed by atoms with Crippen LogP contribution in [0.25, 0.3) is 16.6 Å². The molecule has 1 aromatic heterocycles. The van der Waals surface area contributed by atoms with Crippen molar-refractivity contribution in [2.45, 2.75) is 6.92 Å². The Bertz CT molecular complexity index is 1120. The van der Waals surface area contributed by atoms with Gasteiger partial charge in [-0.3, -0.25) is 14.9 Å². The highest BCUT2D eigenvalue weighted by Gasteiger charge is 2.27. The lowest BCUT2D eigenvalue weighted by Gasteiger charge is -2.23. The van der Waals surface area contributed by atoms with Gasteiger partial charge in [-0.25, -0.2) is 4.39 Å². The number of nitrogens with zero attached hydrogens (tertiary/aromatic N) is 2. The van der Waals surface area contributed by atoms with Crippen LogP contribution in [0.3, 0.4) is 0 Å². The molecule has 6 nitrogen and oxygen atoms in total. The van der Waals surface area contributed by atoms with Crippen LogP contribution in [0.2, 0.25) is 0 Å². The normalized spacial score (nSPS) is 12.0. The first-order valence-electron chi connectivity index (χ1n) is 6.89. The number of fused-ring (bicyclic) bond motifs is 2. The molecule has 3 aromatic rings. The molecule has 0 bridgehead atoms. The molecule has 24 heavy (non-hydrogen) atoms. The van der Waals surface area contributed by atoms with E-state index in [2.05, 4.69) is 0 Å². The van der Waals surface area contributed by atoms with Gasteiger partial charge in [0.05, 0.1) is 22.1 Å². The van der Waals surface area contributed by atoms with Crippen LogP contribution in [0.15, 0.2) is 35.3 Å². The molecular weight excluding hydrogens is 322 g/mol. The summed E-state index contributed by atoms with van der Waals surface area (Å²) in [5.74, 6) is -2.93. The number of ether oxygens (including phenoxy) is 1. The number of hydrogen-bond donors (Lipinski definition) is 0. The number of aromatic nitrogens is 1. The Balaban J connectivity index is 2.18. The Kier molecular flexibility index (Phi) is 2.75. The van der Waals surface area contributed by atoms with Crippen molar-refractivity contribution in [2.75, 3.05) is 0 Å². The Morgan fingerprint density at radius 1 is 1.25 bits per heavy atom. The molecular formula is C16H8F2N2O4. The maximum absolute atomic E-state index is 14.2. The van der Waals surface area contributed by atoms with Crippen molar-refractivity contribution in [1.82, 2.24) is 4.57 Å². The van der Waals surface area contributed by atoms with Crippen LogP contribution in [-0.4, -0.2) is 9.49 Å². The molecule has 0 saturated carbocycles. The van der Waals surface area contributed by atoms with E-state index >= 15 is 0 Å². The minimum absolute atomic E-state index is 0.00514. The molecule has 0 N–H and O–H groups in total. The molecule has 2 heterocycles. The van der Waals surface area contributed by atoms with Gasteiger partial charge in [-0.05, 0) is 19.1 Å². The third-order valence-electron chi connectivity index (χ3n) is 3.94. The van der Waals surface area contributed by atoms with Crippen molar-refractivity contribution in [3.63, 3.8) is 0 Å². The topological polar surface area (TPSA) is 74.4 Å². The number of nitro groups is 1. The van der Waals surface area contributed by atoms with Crippen LogP contribution in [0.1, 0.15) is 5.56 Å². The summed E-state index contributed by atoms with van der Waals surface area (Å²) in [5.41, 5.74) is 0.127. The average molecular weight is 330 g/mol. The van der Waals surface area contributed by atoms with E-state index in [1.165, 1.54) is 22.9 Å². The second-order valence-corrected chi connectivity index (χ2v) is 5.42. The van der Waals surface area contributed by atoms with E-state index in [0.717, 1.165) is 12.1 Å². The quantitative estimate of drug-likeness (QED) is 0.395. The number of benzene rings is 2. The van der Waals surface area contributed by atoms with Gasteiger partial charge >= 0.3 is 0 Å². The zero-order chi connectivity index (χ0) is 17.2. The van der Waals surface area contributed by atoms with E-state index in [1.807, 2.05) is 0 Å². The summed E-state index contributed by atoms with van der Waals surface area (Å²) in [5, 5.41) is 10.9. The zero-order valence-electron chi connectivity index (χ0n) is 12.2. The maximum atomic E-state index is 14.2. The molecule has 0 fully saturated rings. The van der Waals surface area contributed by atoms with Crippen molar-refractivity contribution >= 4 is 16.6 Å². The molecule has 1 aliphatic rings. The molecule has 0 spiro atoms. The third-order valence-corrected chi connectivity index (χ3v) is 3.94. The summed E-state index contributed by atoms with van der Waals surface area (Å²) in [6.45, 7) is 1.55. The van der Waals surface area contributed by atoms with Crippen LogP contribution in [0.4, 0.5) is 14.5 Å². The van der Waals surface area contributed by atoms with Crippen LogP contribution < -0.4 is 10.2 Å². The first-order valence-corrected chi connectivity index (χ1v) is 6.89. The lowest BCUT2D eigenvalue weighted by molar-refractivity contribution is -0.384. The maximum Gasteiger partial charge on any atom is 0.273 e. The first-order chi connectivity index (χ1) is 11.4. The fourth-order valence-electron chi connectivity index (χ4n) is 2.82. The summed E-state index contributed by atoms with van der Waals surface area (Å²) in [7, 11) is 0. The molecule has 2 aromatic carbocycles. The number of rotatable bonds is 1. The molecule has 8 heteroatoms. The predicted molar refractivity (Wildman–Crippen MR) is 80.9 cm³/mol. The van der Waals surface area contributed by atoms with E-state index in [1.54, 1.807) is 6.92 Å². The van der Waals surface area contributed by atoms with Crippen LogP contribution in [0, 0.1) is 28.7 Å². The molecule has 120 valence electrons. The van der Waals surface area contributed by atoms with Gasteiger partial charge in [0.2, 0.25) is 5.82 Å². The second-order valence-electron chi connectivity index (χ2n) is 5.42. The average Bonchev–Trinajstić information content (AvgIpc) is 2.55. The van der Waals surface area contributed by atoms with Gasteiger partial charge in [0.1, 0.15) is 5.52 Å². The molecule has 0 atom stereocenters. The van der Waals surface area contributed by atoms with Crippen LogP contribution >= 0.6 is 0 Å². The van der Waals surface area contributed by atoms with Gasteiger partial charge in [-0.15, -0.1) is 0 Å². The summed E-state index contributed by atoms with van der Waals surface area (Å²) in [6, 6.07) is 4.66. The summed E-state index contributed by atoms with van der Waals surface area (Å²) in [4.78, 5) is 22.5. The Hall–Kier alpha value is -3.29. The predicted octanol–water partition coefficient (Wildman–Crippen LogP) is 3.59. The fourth-order valence-corrected chi connectivity index (χ4v) is 2.82. The largest absolute Gasteiger partial charge is 0.449 e. The highest BCUT2D eigenvalue weighted by Crippen LogP contribution is 2.43. The number of non-ortho nitro benzene ring substituents is 1. The summed E-state index contributed by atoms with van der Waals surface area (Å²) >= 11 is 0. The van der Waals surface area contributed by atoms with Gasteiger partial charge in [-0.1, -0.05) is 0 Å². The highest BCUT2D eigenvalue weighted by atomic mass is 19.2. The van der Waals surface area contributed by atoms with Gasteiger partial charge in [0, 0.05) is 17.8 Å². The molecule has 1 aliphatic heterocycles. The Labute approximate surface area is 132 Å². The van der Waals surface area contributed by atoms with E-state index in [4.69, 9.17) is 4.74 Å². The molecule has 0 radical (unpaired) electrons. The van der Waals surface area contributed by atoms with Crippen molar-refractivity contribution in [2.24, 2.45) is 0 Å². The molecule has 0 aliphatic carbocycles. The zero-order valence-corrected chi connectivity index (χ0v) is 12.2. The monoisotopic (exact) mass is 330 g/mol. The first kappa shape index (κ1) is 14.3. The Morgan fingerprint density at radius 3 is 2.71 bits per heavy atom. The van der Waals surface area contributed by atoms with Gasteiger partial charge in [0.25, 0.3) is 5.69 Å². The number of aryl methyl sites for hydroxylation is 1. The standard InChI is InChI=1S/C16H8F2N2O4/c1-7-6-19-11-3-2-8(20(22)23)4-12(11)24-16-13(18)10(17)5-9(14(16)19)15(7)21/h2-6H,1H3. The minimum atomic E-state index is -1.25. The van der Waals surface area contributed by atoms with Crippen molar-refractivity contribution in [3.05, 3.63) is 68.0 Å². The van der Waals surface area contributed by atoms with Crippen molar-refractivity contribution in [1.29, 1.82) is 0 Å². The van der Waals surface area contributed by atoms with Gasteiger partial charge in [0.15, 0.2) is 22.7 Å². The SMILES string of the molecule is Cc1cn2c3c(c(F)c(F)cc3c1=O)Oc1cc([N+](=O)[O-])ccc1-2. The number of halogens is 2. The van der Waals surface area contributed by atoms with E-state index in [-0.39, 0.29) is 22.3 Å². The van der Waals surface area contributed by atoms with Crippen molar-refractivity contribution in [3.8, 4) is 17.2 Å². The second kappa shape index (κ2) is 4.60. The van der Waals surface area contributed by atoms with Crippen molar-refractivity contribution < 1.29 is 18.4 Å². The number of hydrogen-bond acceptors (Lipinski definition) is 4. The van der Waals surface area contributed by atoms with Gasteiger partial charge < -0.3 is 9.30 Å². The molecule has 0 amide bonds. The van der Waals surface area contributed by atoms with E-state index in [0.29, 0.717) is 11.3 Å². The third kappa shape index (κ3) is 1.76. The highest BCUT2D eigenvalue weighted by molar-refractivity contribution is 5.89. The fraction of sp³-hybridized carbons (Fsp3) is 0.0625. The van der Waals surface area contributed by atoms with Crippen LogP contribution in [0.5, 0.6) is 11.5 Å². The summed E-state index contributed by atoms with van der Waals surface area (Å²) < 4.78 is 34.9. The van der Waals surface area contributed by atoms with E-state index in [9.17, 15) is 23.7 Å². The Morgan fingerprint density at radius 2 is 2.00 bits per heavy atom. The molecule has 4 rings (SSSR count). The summed E-state index contributed by atoms with van der Waals surface area (Å²) in [6.07, 6.45) is 1.47. The molecule has 0 saturated heterocycles. The lowest BCUT2D eigenvalue weighted by Crippen LogP contribution is -2.16. The number of nitro benzene ring substituents is 1. The smallest absolute Gasteiger partial charge is 0.273 e. The van der Waals surface area contributed by atoms with Gasteiger partial charge in [-0.2, -0.15) is 4.39 Å². The van der Waals surface area contributed by atoms with E-state index < -0.39 is 27.7 Å². The molecule has 0 unspecified atom stereocenters. The lowest BCUT2D eigenvalue weighted by atomic mass is 10.1. The minimum Gasteiger partial charge on any atom is -0.449 e. The number of pyridine rings is 1. The van der Waals surface area contributed by atoms with Crippen LogP contribution in [-0.2, 0) is 0 Å².